The minimum atomic E-state index is -5.74. The molecule has 0 aliphatic rings. The lowest BCUT2D eigenvalue weighted by Gasteiger charge is -2.30. The predicted octanol–water partition coefficient (Wildman–Crippen LogP) is 2.90. The molecule has 0 saturated carbocycles. The van der Waals surface area contributed by atoms with E-state index in [4.69, 9.17) is 0 Å². The number of alkyl halides is 9. The minimum Gasteiger partial charge on any atom is -0.271 e. The molecule has 110 valence electrons. The fourth-order valence-electron chi connectivity index (χ4n) is 1.31. The zero-order chi connectivity index (χ0) is 14.8. The van der Waals surface area contributed by atoms with E-state index < -0.39 is 43.3 Å². The molecule has 0 aromatic carbocycles. The Balaban J connectivity index is 4.96. The van der Waals surface area contributed by atoms with Gasteiger partial charge in [0.05, 0.1) is 0 Å². The van der Waals surface area contributed by atoms with Gasteiger partial charge in [-0.3, -0.25) is 11.3 Å². The van der Waals surface area contributed by atoms with Crippen LogP contribution in [0.4, 0.5) is 39.5 Å². The first-order chi connectivity index (χ1) is 7.79. The average molecular weight is 292 g/mol. The van der Waals surface area contributed by atoms with Gasteiger partial charge < -0.3 is 0 Å². The molecule has 0 aromatic rings. The van der Waals surface area contributed by atoms with E-state index in [1.165, 1.54) is 0 Å². The maximum absolute atomic E-state index is 12.2. The topological polar surface area (TPSA) is 38.0 Å². The van der Waals surface area contributed by atoms with Gasteiger partial charge in [0.15, 0.2) is 5.92 Å². The lowest BCUT2D eigenvalue weighted by Crippen LogP contribution is -2.53. The molecule has 0 aliphatic carbocycles. The third kappa shape index (κ3) is 5.76. The van der Waals surface area contributed by atoms with E-state index in [1.807, 2.05) is 0 Å². The average Bonchev–Trinajstić information content (AvgIpc) is 2.05. The molecular formula is C7H9F9N2. The van der Waals surface area contributed by atoms with Crippen LogP contribution in [0, 0.1) is 5.92 Å². The third-order valence-corrected chi connectivity index (χ3v) is 2.06. The Hall–Kier alpha value is -0.710. The number of hydrazine groups is 1. The Morgan fingerprint density at radius 2 is 1.22 bits per heavy atom. The first kappa shape index (κ1) is 17.3. The van der Waals surface area contributed by atoms with Crippen LogP contribution >= 0.6 is 0 Å². The fourth-order valence-corrected chi connectivity index (χ4v) is 1.31. The van der Waals surface area contributed by atoms with E-state index in [1.54, 1.807) is 0 Å². The summed E-state index contributed by atoms with van der Waals surface area (Å²) in [6, 6.07) is -2.59. The molecule has 0 spiro atoms. The summed E-state index contributed by atoms with van der Waals surface area (Å²) in [6.07, 6.45) is -19.6. The quantitative estimate of drug-likeness (QED) is 0.475. The summed E-state index contributed by atoms with van der Waals surface area (Å²) in [5.41, 5.74) is 1.15. The summed E-state index contributed by atoms with van der Waals surface area (Å²) in [4.78, 5) is 0. The molecule has 0 heterocycles. The van der Waals surface area contributed by atoms with Crippen molar-refractivity contribution in [3.8, 4) is 0 Å². The van der Waals surface area contributed by atoms with Crippen LogP contribution < -0.4 is 11.3 Å². The Bertz CT molecular complexity index is 239. The highest BCUT2D eigenvalue weighted by atomic mass is 19.4. The van der Waals surface area contributed by atoms with Crippen molar-refractivity contribution in [2.45, 2.75) is 37.4 Å². The first-order valence-electron chi connectivity index (χ1n) is 4.45. The lowest BCUT2D eigenvalue weighted by molar-refractivity contribution is -0.293. The summed E-state index contributed by atoms with van der Waals surface area (Å²) in [6.45, 7) is 0. The van der Waals surface area contributed by atoms with E-state index in [0.29, 0.717) is 0 Å². The summed E-state index contributed by atoms with van der Waals surface area (Å²) in [5.74, 6) is 0.532. The van der Waals surface area contributed by atoms with Crippen molar-refractivity contribution in [1.29, 1.82) is 0 Å². The number of nitrogens with two attached hydrogens (primary N) is 1. The van der Waals surface area contributed by atoms with E-state index in [-0.39, 0.29) is 0 Å². The fraction of sp³-hybridized carbons (Fsp3) is 1.00. The van der Waals surface area contributed by atoms with Crippen molar-refractivity contribution in [2.75, 3.05) is 0 Å². The van der Waals surface area contributed by atoms with Crippen molar-refractivity contribution in [3.05, 3.63) is 0 Å². The molecule has 0 amide bonds. The van der Waals surface area contributed by atoms with Gasteiger partial charge in [0.2, 0.25) is 0 Å². The molecule has 18 heavy (non-hydrogen) atoms. The van der Waals surface area contributed by atoms with Crippen LogP contribution in [0.1, 0.15) is 12.8 Å². The molecule has 0 saturated heterocycles. The number of nitrogens with one attached hydrogen (secondary N) is 1. The molecule has 0 radical (unpaired) electrons. The molecule has 0 aromatic heterocycles. The molecule has 2 nitrogen and oxygen atoms in total. The highest BCUT2D eigenvalue weighted by molar-refractivity contribution is 4.86. The number of hydrogen-bond acceptors (Lipinski definition) is 2. The van der Waals surface area contributed by atoms with E-state index >= 15 is 0 Å². The molecule has 3 N–H and O–H groups in total. The maximum Gasteiger partial charge on any atom is 0.402 e. The standard InChI is InChI=1S/C7H9F9N2/c8-5(9,10)2-1-3(18-17)4(6(11,12)13)7(14,15)16/h3-4,18H,1-2,17H2. The second kappa shape index (κ2) is 5.51. The molecule has 0 rings (SSSR count). The molecule has 0 fully saturated rings. The molecule has 1 atom stereocenters. The van der Waals surface area contributed by atoms with Crippen molar-refractivity contribution in [3.63, 3.8) is 0 Å². The van der Waals surface area contributed by atoms with Crippen LogP contribution in [0.3, 0.4) is 0 Å². The molecule has 1 unspecified atom stereocenters. The number of rotatable bonds is 4. The van der Waals surface area contributed by atoms with Crippen molar-refractivity contribution >= 4 is 0 Å². The van der Waals surface area contributed by atoms with Crippen LogP contribution in [0.25, 0.3) is 0 Å². The van der Waals surface area contributed by atoms with E-state index in [2.05, 4.69) is 5.84 Å². The maximum atomic E-state index is 12.2. The van der Waals surface area contributed by atoms with E-state index in [9.17, 15) is 39.5 Å². The first-order valence-corrected chi connectivity index (χ1v) is 4.45. The van der Waals surface area contributed by atoms with Crippen molar-refractivity contribution in [2.24, 2.45) is 11.8 Å². The number of halogens is 9. The van der Waals surface area contributed by atoms with Crippen molar-refractivity contribution in [1.82, 2.24) is 5.43 Å². The van der Waals surface area contributed by atoms with Crippen LogP contribution in [0.2, 0.25) is 0 Å². The molecular weight excluding hydrogens is 283 g/mol. The smallest absolute Gasteiger partial charge is 0.271 e. The van der Waals surface area contributed by atoms with Crippen LogP contribution in [0.5, 0.6) is 0 Å². The second-order valence-electron chi connectivity index (χ2n) is 3.49. The zero-order valence-corrected chi connectivity index (χ0v) is 8.55. The van der Waals surface area contributed by atoms with Gasteiger partial charge in [0.25, 0.3) is 0 Å². The summed E-state index contributed by atoms with van der Waals surface area (Å²) in [7, 11) is 0. The van der Waals surface area contributed by atoms with Gasteiger partial charge in [-0.15, -0.1) is 0 Å². The summed E-state index contributed by atoms with van der Waals surface area (Å²) in [5, 5.41) is 0. The van der Waals surface area contributed by atoms with Gasteiger partial charge in [-0.2, -0.15) is 39.5 Å². The normalized spacial score (nSPS) is 16.2. The van der Waals surface area contributed by atoms with Gasteiger partial charge in [0.1, 0.15) is 0 Å². The van der Waals surface area contributed by atoms with Gasteiger partial charge >= 0.3 is 18.5 Å². The Morgan fingerprint density at radius 3 is 1.44 bits per heavy atom. The van der Waals surface area contributed by atoms with Crippen molar-refractivity contribution < 1.29 is 39.5 Å². The van der Waals surface area contributed by atoms with Crippen LogP contribution in [-0.2, 0) is 0 Å². The van der Waals surface area contributed by atoms with Gasteiger partial charge in [-0.1, -0.05) is 0 Å². The highest BCUT2D eigenvalue weighted by Gasteiger charge is 2.60. The predicted molar refractivity (Wildman–Crippen MR) is 42.0 cm³/mol. The lowest BCUT2D eigenvalue weighted by atomic mass is 9.94. The summed E-state index contributed by atoms with van der Waals surface area (Å²) < 4.78 is 108. The molecule has 0 aliphatic heterocycles. The Labute approximate surface area is 95.3 Å². The van der Waals surface area contributed by atoms with Crippen LogP contribution in [-0.4, -0.2) is 24.6 Å². The Kier molecular flexibility index (Phi) is 5.29. The van der Waals surface area contributed by atoms with Gasteiger partial charge in [-0.05, 0) is 6.42 Å². The minimum absolute atomic E-state index is 1.15. The molecule has 0 bridgehead atoms. The SMILES string of the molecule is NNC(CCC(F)(F)F)C(C(F)(F)F)C(F)(F)F. The van der Waals surface area contributed by atoms with Gasteiger partial charge in [-0.25, -0.2) is 0 Å². The van der Waals surface area contributed by atoms with Crippen LogP contribution in [0.15, 0.2) is 0 Å². The summed E-state index contributed by atoms with van der Waals surface area (Å²) >= 11 is 0. The molecule has 11 heteroatoms. The zero-order valence-electron chi connectivity index (χ0n) is 8.55. The monoisotopic (exact) mass is 292 g/mol. The third-order valence-electron chi connectivity index (χ3n) is 2.06. The highest BCUT2D eigenvalue weighted by Crippen LogP contribution is 2.42. The Morgan fingerprint density at radius 1 is 0.833 bits per heavy atom. The van der Waals surface area contributed by atoms with Gasteiger partial charge in [0, 0.05) is 12.5 Å². The number of hydrogen-bond donors (Lipinski definition) is 2. The largest absolute Gasteiger partial charge is 0.402 e. The van der Waals surface area contributed by atoms with E-state index in [0.717, 1.165) is 5.43 Å². The second-order valence-corrected chi connectivity index (χ2v) is 3.49.